The highest BCUT2D eigenvalue weighted by Gasteiger charge is 2.08. The number of ketones is 1. The summed E-state index contributed by atoms with van der Waals surface area (Å²) in [5.74, 6) is 0.552. The zero-order chi connectivity index (χ0) is 13.8. The average Bonchev–Trinajstić information content (AvgIpc) is 2.37. The Morgan fingerprint density at radius 1 is 1.26 bits per heavy atom. The number of ether oxygens (including phenoxy) is 1. The molecule has 98 valence electrons. The summed E-state index contributed by atoms with van der Waals surface area (Å²) in [7, 11) is 0. The standard InChI is InChI=1S/C15H12BrClO2/c1-10-3-2-4-11(7-10)14(18)9-19-15-6-5-12(17)8-13(15)16/h2-8H,9H2,1H3. The molecule has 2 rings (SSSR count). The quantitative estimate of drug-likeness (QED) is 0.757. The van der Waals surface area contributed by atoms with Crippen molar-refractivity contribution in [2.24, 2.45) is 0 Å². The van der Waals surface area contributed by atoms with E-state index in [1.165, 1.54) is 0 Å². The van der Waals surface area contributed by atoms with Gasteiger partial charge in [-0.15, -0.1) is 0 Å². The number of benzene rings is 2. The Labute approximate surface area is 125 Å². The van der Waals surface area contributed by atoms with E-state index in [9.17, 15) is 4.79 Å². The van der Waals surface area contributed by atoms with Crippen molar-refractivity contribution in [2.45, 2.75) is 6.92 Å². The smallest absolute Gasteiger partial charge is 0.200 e. The van der Waals surface area contributed by atoms with E-state index in [1.54, 1.807) is 24.3 Å². The molecule has 0 amide bonds. The molecule has 2 aromatic carbocycles. The van der Waals surface area contributed by atoms with Crippen LogP contribution in [0.2, 0.25) is 5.02 Å². The molecule has 0 unspecified atom stereocenters. The second-order valence-corrected chi connectivity index (χ2v) is 5.45. The normalized spacial score (nSPS) is 10.3. The lowest BCUT2D eigenvalue weighted by molar-refractivity contribution is 0.0921. The third-order valence-electron chi connectivity index (χ3n) is 2.59. The van der Waals surface area contributed by atoms with Gasteiger partial charge in [-0.3, -0.25) is 4.79 Å². The van der Waals surface area contributed by atoms with Gasteiger partial charge in [0.25, 0.3) is 0 Å². The minimum atomic E-state index is -0.0504. The Bertz CT molecular complexity index is 611. The van der Waals surface area contributed by atoms with Crippen LogP contribution in [0.15, 0.2) is 46.9 Å². The van der Waals surface area contributed by atoms with Crippen molar-refractivity contribution >= 4 is 33.3 Å². The number of rotatable bonds is 4. The maximum Gasteiger partial charge on any atom is 0.200 e. The second-order valence-electron chi connectivity index (χ2n) is 4.16. The Balaban J connectivity index is 2.04. The van der Waals surface area contributed by atoms with Gasteiger partial charge in [0.1, 0.15) is 5.75 Å². The molecule has 4 heteroatoms. The van der Waals surface area contributed by atoms with Gasteiger partial charge in [-0.05, 0) is 47.1 Å². The predicted molar refractivity (Wildman–Crippen MR) is 80.2 cm³/mol. The van der Waals surface area contributed by atoms with Crippen LogP contribution in [0, 0.1) is 6.92 Å². The fourth-order valence-electron chi connectivity index (χ4n) is 1.64. The predicted octanol–water partition coefficient (Wildman–Crippen LogP) is 4.67. The molecule has 0 atom stereocenters. The van der Waals surface area contributed by atoms with Crippen molar-refractivity contribution in [3.05, 3.63) is 63.1 Å². The summed E-state index contributed by atoms with van der Waals surface area (Å²) in [6.07, 6.45) is 0. The van der Waals surface area contributed by atoms with Crippen LogP contribution in [0.5, 0.6) is 5.75 Å². The number of hydrogen-bond acceptors (Lipinski definition) is 2. The molecular weight excluding hydrogens is 328 g/mol. The van der Waals surface area contributed by atoms with Gasteiger partial charge in [-0.25, -0.2) is 0 Å². The number of Topliss-reactive ketones (excluding diaryl/α,β-unsaturated/α-hetero) is 1. The third kappa shape index (κ3) is 3.82. The molecule has 0 saturated carbocycles. The van der Waals surface area contributed by atoms with Crippen molar-refractivity contribution in [3.63, 3.8) is 0 Å². The van der Waals surface area contributed by atoms with Gasteiger partial charge in [0, 0.05) is 10.6 Å². The molecular formula is C15H12BrClO2. The van der Waals surface area contributed by atoms with E-state index >= 15 is 0 Å². The summed E-state index contributed by atoms with van der Waals surface area (Å²) < 4.78 is 6.23. The monoisotopic (exact) mass is 338 g/mol. The maximum absolute atomic E-state index is 12.0. The van der Waals surface area contributed by atoms with Crippen LogP contribution in [0.4, 0.5) is 0 Å². The second kappa shape index (κ2) is 6.22. The summed E-state index contributed by atoms with van der Waals surface area (Å²) in [5.41, 5.74) is 1.71. The number of hydrogen-bond donors (Lipinski definition) is 0. The summed E-state index contributed by atoms with van der Waals surface area (Å²) in [6, 6.07) is 12.6. The van der Waals surface area contributed by atoms with E-state index in [0.29, 0.717) is 16.3 Å². The molecule has 0 saturated heterocycles. The number of aryl methyl sites for hydroxylation is 1. The Morgan fingerprint density at radius 3 is 2.74 bits per heavy atom. The summed E-state index contributed by atoms with van der Waals surface area (Å²) in [6.45, 7) is 1.96. The van der Waals surface area contributed by atoms with Crippen molar-refractivity contribution in [2.75, 3.05) is 6.61 Å². The minimum absolute atomic E-state index is 0.00366. The van der Waals surface area contributed by atoms with Gasteiger partial charge in [0.2, 0.25) is 0 Å². The molecule has 2 nitrogen and oxygen atoms in total. The van der Waals surface area contributed by atoms with Crippen LogP contribution < -0.4 is 4.74 Å². The Hall–Kier alpha value is -1.32. The SMILES string of the molecule is Cc1cccc(C(=O)COc2ccc(Cl)cc2Br)c1. The minimum Gasteiger partial charge on any atom is -0.484 e. The first-order valence-corrected chi connectivity index (χ1v) is 6.91. The number of carbonyl (C=O) groups excluding carboxylic acids is 1. The first kappa shape index (κ1) is 14.1. The molecule has 19 heavy (non-hydrogen) atoms. The van der Waals surface area contributed by atoms with Crippen molar-refractivity contribution in [1.82, 2.24) is 0 Å². The van der Waals surface area contributed by atoms with Crippen LogP contribution in [-0.2, 0) is 0 Å². The summed E-state index contributed by atoms with van der Waals surface area (Å²) in [4.78, 5) is 12.0. The van der Waals surface area contributed by atoms with Crippen LogP contribution in [-0.4, -0.2) is 12.4 Å². The van der Waals surface area contributed by atoms with E-state index in [2.05, 4.69) is 15.9 Å². The van der Waals surface area contributed by atoms with E-state index in [0.717, 1.165) is 10.0 Å². The first-order chi connectivity index (χ1) is 9.06. The highest BCUT2D eigenvalue weighted by Crippen LogP contribution is 2.28. The molecule has 0 aromatic heterocycles. The van der Waals surface area contributed by atoms with E-state index in [-0.39, 0.29) is 12.4 Å². The Kier molecular flexibility index (Phi) is 4.61. The Morgan fingerprint density at radius 2 is 2.05 bits per heavy atom. The molecule has 0 radical (unpaired) electrons. The van der Waals surface area contributed by atoms with E-state index in [4.69, 9.17) is 16.3 Å². The summed E-state index contributed by atoms with van der Waals surface area (Å²) >= 11 is 9.18. The fraction of sp³-hybridized carbons (Fsp3) is 0.133. The van der Waals surface area contributed by atoms with E-state index < -0.39 is 0 Å². The highest BCUT2D eigenvalue weighted by atomic mass is 79.9. The molecule has 0 N–H and O–H groups in total. The molecule has 0 aliphatic rings. The van der Waals surface area contributed by atoms with E-state index in [1.807, 2.05) is 25.1 Å². The fourth-order valence-corrected chi connectivity index (χ4v) is 2.43. The molecule has 0 spiro atoms. The molecule has 0 aliphatic carbocycles. The zero-order valence-electron chi connectivity index (χ0n) is 10.3. The van der Waals surface area contributed by atoms with Gasteiger partial charge in [0.05, 0.1) is 4.47 Å². The van der Waals surface area contributed by atoms with Gasteiger partial charge >= 0.3 is 0 Å². The largest absolute Gasteiger partial charge is 0.484 e. The van der Waals surface area contributed by atoms with Crippen LogP contribution >= 0.6 is 27.5 Å². The lowest BCUT2D eigenvalue weighted by Gasteiger charge is -2.08. The molecule has 0 bridgehead atoms. The van der Waals surface area contributed by atoms with Gasteiger partial charge in [0.15, 0.2) is 12.4 Å². The van der Waals surface area contributed by atoms with Crippen LogP contribution in [0.1, 0.15) is 15.9 Å². The average molecular weight is 340 g/mol. The van der Waals surface area contributed by atoms with Crippen LogP contribution in [0.3, 0.4) is 0 Å². The first-order valence-electron chi connectivity index (χ1n) is 5.74. The summed E-state index contributed by atoms with van der Waals surface area (Å²) in [5, 5.41) is 0.615. The van der Waals surface area contributed by atoms with Crippen molar-refractivity contribution in [3.8, 4) is 5.75 Å². The number of carbonyl (C=O) groups is 1. The zero-order valence-corrected chi connectivity index (χ0v) is 12.7. The van der Waals surface area contributed by atoms with Gasteiger partial charge < -0.3 is 4.74 Å². The lowest BCUT2D eigenvalue weighted by Crippen LogP contribution is -2.11. The van der Waals surface area contributed by atoms with Crippen LogP contribution in [0.25, 0.3) is 0 Å². The molecule has 0 fully saturated rings. The van der Waals surface area contributed by atoms with Gasteiger partial charge in [-0.1, -0.05) is 35.4 Å². The highest BCUT2D eigenvalue weighted by molar-refractivity contribution is 9.10. The lowest BCUT2D eigenvalue weighted by atomic mass is 10.1. The molecule has 0 heterocycles. The maximum atomic E-state index is 12.0. The number of halogens is 2. The topological polar surface area (TPSA) is 26.3 Å². The molecule has 2 aromatic rings. The third-order valence-corrected chi connectivity index (χ3v) is 3.45. The van der Waals surface area contributed by atoms with Gasteiger partial charge in [-0.2, -0.15) is 0 Å². The van der Waals surface area contributed by atoms with Crippen molar-refractivity contribution < 1.29 is 9.53 Å². The molecule has 0 aliphatic heterocycles. The van der Waals surface area contributed by atoms with Crippen molar-refractivity contribution in [1.29, 1.82) is 0 Å².